The second-order valence-electron chi connectivity index (χ2n) is 5.07. The summed E-state index contributed by atoms with van der Waals surface area (Å²) in [4.78, 5) is 0. The molecule has 0 bridgehead atoms. The first-order valence-corrected chi connectivity index (χ1v) is 7.28. The Morgan fingerprint density at radius 2 is 1.86 bits per heavy atom. The van der Waals surface area contributed by atoms with E-state index in [4.69, 9.17) is 17.3 Å². The van der Waals surface area contributed by atoms with Gasteiger partial charge >= 0.3 is 0 Å². The lowest BCUT2D eigenvalue weighted by Crippen LogP contribution is -2.03. The van der Waals surface area contributed by atoms with Gasteiger partial charge < -0.3 is 5.73 Å². The Kier molecular flexibility index (Phi) is 3.96. The van der Waals surface area contributed by atoms with Gasteiger partial charge in [-0.1, -0.05) is 17.7 Å². The van der Waals surface area contributed by atoms with Crippen molar-refractivity contribution in [1.29, 1.82) is 0 Å². The zero-order valence-electron chi connectivity index (χ0n) is 12.1. The minimum atomic E-state index is -0.271. The van der Waals surface area contributed by atoms with Crippen molar-refractivity contribution in [3.8, 4) is 16.9 Å². The largest absolute Gasteiger partial charge is 0.325 e. The summed E-state index contributed by atoms with van der Waals surface area (Å²) in [6.07, 6.45) is 0. The molecule has 112 valence electrons. The Morgan fingerprint density at radius 3 is 2.55 bits per heavy atom. The summed E-state index contributed by atoms with van der Waals surface area (Å²) in [5.41, 5.74) is 10.1. The number of nitrogens with zero attached hydrogens (tertiary/aromatic N) is 2. The van der Waals surface area contributed by atoms with Crippen LogP contribution in [0.25, 0.3) is 16.9 Å². The molecule has 0 spiro atoms. The number of halogens is 2. The van der Waals surface area contributed by atoms with E-state index in [9.17, 15) is 4.39 Å². The number of benzene rings is 2. The maximum atomic E-state index is 13.2. The van der Waals surface area contributed by atoms with Gasteiger partial charge in [-0.2, -0.15) is 5.10 Å². The van der Waals surface area contributed by atoms with Crippen LogP contribution >= 0.6 is 11.6 Å². The van der Waals surface area contributed by atoms with Gasteiger partial charge in [0.25, 0.3) is 0 Å². The summed E-state index contributed by atoms with van der Waals surface area (Å²) in [5, 5.41) is 5.17. The second-order valence-corrected chi connectivity index (χ2v) is 5.51. The van der Waals surface area contributed by atoms with E-state index in [1.807, 2.05) is 31.2 Å². The van der Waals surface area contributed by atoms with Crippen molar-refractivity contribution in [1.82, 2.24) is 9.78 Å². The van der Waals surface area contributed by atoms with Crippen molar-refractivity contribution in [2.45, 2.75) is 13.5 Å². The van der Waals surface area contributed by atoms with Crippen LogP contribution in [0.3, 0.4) is 0 Å². The molecule has 0 aliphatic heterocycles. The Hall–Kier alpha value is -2.17. The van der Waals surface area contributed by atoms with Crippen LogP contribution in [0.15, 0.2) is 48.5 Å². The standard InChI is InChI=1S/C17H15ClFN3/c1-11-2-5-13(18)8-16(11)22-17(9-15(10-20)21-22)12-3-6-14(19)7-4-12/h2-9H,10,20H2,1H3. The maximum Gasteiger partial charge on any atom is 0.123 e. The molecule has 0 amide bonds. The number of nitrogens with two attached hydrogens (primary N) is 1. The molecule has 0 radical (unpaired) electrons. The van der Waals surface area contributed by atoms with Gasteiger partial charge in [-0.05, 0) is 55.0 Å². The molecule has 0 aliphatic carbocycles. The molecule has 3 rings (SSSR count). The van der Waals surface area contributed by atoms with E-state index in [-0.39, 0.29) is 5.82 Å². The molecule has 0 fully saturated rings. The monoisotopic (exact) mass is 315 g/mol. The molecule has 1 heterocycles. The minimum Gasteiger partial charge on any atom is -0.325 e. The predicted molar refractivity (Wildman–Crippen MR) is 86.6 cm³/mol. The topological polar surface area (TPSA) is 43.8 Å². The highest BCUT2D eigenvalue weighted by molar-refractivity contribution is 6.30. The van der Waals surface area contributed by atoms with Crippen LogP contribution in [0, 0.1) is 12.7 Å². The van der Waals surface area contributed by atoms with Crippen LogP contribution in [-0.2, 0) is 6.54 Å². The first-order chi connectivity index (χ1) is 10.6. The number of hydrogen-bond acceptors (Lipinski definition) is 2. The van der Waals surface area contributed by atoms with Crippen molar-refractivity contribution >= 4 is 11.6 Å². The summed E-state index contributed by atoms with van der Waals surface area (Å²) in [5.74, 6) is -0.271. The third kappa shape index (κ3) is 2.75. The van der Waals surface area contributed by atoms with Crippen molar-refractivity contribution in [2.24, 2.45) is 5.73 Å². The van der Waals surface area contributed by atoms with E-state index in [2.05, 4.69) is 5.10 Å². The minimum absolute atomic E-state index is 0.271. The van der Waals surface area contributed by atoms with Crippen LogP contribution in [0.4, 0.5) is 4.39 Å². The molecule has 2 N–H and O–H groups in total. The van der Waals surface area contributed by atoms with E-state index in [1.54, 1.807) is 16.8 Å². The molecule has 5 heteroatoms. The van der Waals surface area contributed by atoms with Gasteiger partial charge in [0.05, 0.1) is 17.1 Å². The summed E-state index contributed by atoms with van der Waals surface area (Å²) in [7, 11) is 0. The molecule has 1 aromatic heterocycles. The fourth-order valence-electron chi connectivity index (χ4n) is 2.35. The first kappa shape index (κ1) is 14.8. The Bertz CT molecular complexity index is 809. The highest BCUT2D eigenvalue weighted by Gasteiger charge is 2.13. The zero-order chi connectivity index (χ0) is 15.7. The fourth-order valence-corrected chi connectivity index (χ4v) is 2.52. The number of aromatic nitrogens is 2. The maximum absolute atomic E-state index is 13.2. The summed E-state index contributed by atoms with van der Waals surface area (Å²) in [6.45, 7) is 2.32. The Labute approximate surface area is 133 Å². The smallest absolute Gasteiger partial charge is 0.123 e. The predicted octanol–water partition coefficient (Wildman–Crippen LogP) is 4.10. The second kappa shape index (κ2) is 5.91. The molecule has 0 aliphatic rings. The van der Waals surface area contributed by atoms with Gasteiger partial charge in [-0.3, -0.25) is 0 Å². The van der Waals surface area contributed by atoms with Gasteiger partial charge in [0.2, 0.25) is 0 Å². The lowest BCUT2D eigenvalue weighted by Gasteiger charge is -2.11. The van der Waals surface area contributed by atoms with Gasteiger partial charge in [0.1, 0.15) is 5.82 Å². The summed E-state index contributed by atoms with van der Waals surface area (Å²) >= 11 is 6.11. The molecule has 0 unspecified atom stereocenters. The normalized spacial score (nSPS) is 10.9. The fraction of sp³-hybridized carbons (Fsp3) is 0.118. The van der Waals surface area contributed by atoms with Crippen molar-refractivity contribution < 1.29 is 4.39 Å². The number of rotatable bonds is 3. The van der Waals surface area contributed by atoms with Crippen LogP contribution in [0.1, 0.15) is 11.3 Å². The summed E-state index contributed by atoms with van der Waals surface area (Å²) < 4.78 is 15.0. The van der Waals surface area contributed by atoms with Gasteiger partial charge in [0, 0.05) is 17.1 Å². The third-order valence-electron chi connectivity index (χ3n) is 3.51. The number of aryl methyl sites for hydroxylation is 1. The van der Waals surface area contributed by atoms with Crippen LogP contribution in [-0.4, -0.2) is 9.78 Å². The van der Waals surface area contributed by atoms with Crippen LogP contribution < -0.4 is 5.73 Å². The molecular weight excluding hydrogens is 301 g/mol. The van der Waals surface area contributed by atoms with Gasteiger partial charge in [-0.15, -0.1) is 0 Å². The van der Waals surface area contributed by atoms with E-state index >= 15 is 0 Å². The molecule has 2 aromatic carbocycles. The van der Waals surface area contributed by atoms with E-state index in [1.165, 1.54) is 12.1 Å². The SMILES string of the molecule is Cc1ccc(Cl)cc1-n1nc(CN)cc1-c1ccc(F)cc1. The van der Waals surface area contributed by atoms with Crippen LogP contribution in [0.5, 0.6) is 0 Å². The molecule has 0 atom stereocenters. The van der Waals surface area contributed by atoms with Crippen molar-refractivity contribution in [2.75, 3.05) is 0 Å². The number of hydrogen-bond donors (Lipinski definition) is 1. The van der Waals surface area contributed by atoms with Crippen molar-refractivity contribution in [3.63, 3.8) is 0 Å². The zero-order valence-corrected chi connectivity index (χ0v) is 12.8. The molecule has 0 saturated heterocycles. The quantitative estimate of drug-likeness (QED) is 0.791. The lowest BCUT2D eigenvalue weighted by atomic mass is 10.1. The Balaban J connectivity index is 2.21. The van der Waals surface area contributed by atoms with Gasteiger partial charge in [0.15, 0.2) is 0 Å². The average Bonchev–Trinajstić information content (AvgIpc) is 2.94. The molecule has 22 heavy (non-hydrogen) atoms. The first-order valence-electron chi connectivity index (χ1n) is 6.90. The van der Waals surface area contributed by atoms with Gasteiger partial charge in [-0.25, -0.2) is 9.07 Å². The Morgan fingerprint density at radius 1 is 1.14 bits per heavy atom. The van der Waals surface area contributed by atoms with E-state index in [0.717, 1.165) is 28.2 Å². The highest BCUT2D eigenvalue weighted by atomic mass is 35.5. The van der Waals surface area contributed by atoms with Crippen molar-refractivity contribution in [3.05, 3.63) is 70.6 Å². The summed E-state index contributed by atoms with van der Waals surface area (Å²) in [6, 6.07) is 13.9. The third-order valence-corrected chi connectivity index (χ3v) is 3.74. The average molecular weight is 316 g/mol. The van der Waals surface area contributed by atoms with E-state index in [0.29, 0.717) is 11.6 Å². The molecule has 3 nitrogen and oxygen atoms in total. The molecule has 0 saturated carbocycles. The lowest BCUT2D eigenvalue weighted by molar-refractivity contribution is 0.628. The van der Waals surface area contributed by atoms with E-state index < -0.39 is 0 Å². The molecule has 3 aromatic rings. The highest BCUT2D eigenvalue weighted by Crippen LogP contribution is 2.27. The van der Waals surface area contributed by atoms with Crippen LogP contribution in [0.2, 0.25) is 5.02 Å². The molecular formula is C17H15ClFN3.